The number of anilines is 3. The van der Waals surface area contributed by atoms with Crippen molar-refractivity contribution in [2.75, 3.05) is 4.90 Å². The number of para-hydroxylation sites is 2. The fourth-order valence-electron chi connectivity index (χ4n) is 6.70. The Bertz CT molecular complexity index is 3020. The van der Waals surface area contributed by atoms with Crippen molar-refractivity contribution in [1.29, 1.82) is 0 Å². The Morgan fingerprint density at radius 1 is 0.380 bits per heavy atom. The molecule has 0 aliphatic rings. The Kier molecular flexibility index (Phi) is 5.83. The van der Waals surface area contributed by atoms with E-state index in [1.54, 1.807) is 4.90 Å². The topological polar surface area (TPSA) is 12.5 Å². The van der Waals surface area contributed by atoms with Crippen molar-refractivity contribution in [3.8, 4) is 33.8 Å². The minimum Gasteiger partial charge on any atom is -0.456 e. The van der Waals surface area contributed by atoms with Crippen LogP contribution in [0.5, 0.6) is 11.5 Å². The van der Waals surface area contributed by atoms with Crippen molar-refractivity contribution in [2.45, 2.75) is 0 Å². The van der Waals surface area contributed by atoms with Crippen LogP contribution in [0.4, 0.5) is 17.1 Å². The Morgan fingerprint density at radius 3 is 1.84 bits per heavy atom. The predicted molar refractivity (Wildman–Crippen MR) is 211 cm³/mol. The molecule has 0 saturated carbocycles. The molecule has 9 rings (SSSR count). The molecule has 0 spiro atoms. The zero-order chi connectivity index (χ0) is 39.4. The zero-order valence-corrected chi connectivity index (χ0v) is 26.9. The van der Waals surface area contributed by atoms with Gasteiger partial charge in [0.1, 0.15) is 11.5 Å². The Balaban J connectivity index is 1.30. The van der Waals surface area contributed by atoms with Crippen molar-refractivity contribution in [1.82, 2.24) is 0 Å². The average Bonchev–Trinajstić information content (AvgIpc) is 3.25. The molecule has 0 aliphatic heterocycles. The molecule has 50 heavy (non-hydrogen) atoms. The predicted octanol–water partition coefficient (Wildman–Crippen LogP) is 13.7. The molecule has 0 saturated heterocycles. The van der Waals surface area contributed by atoms with Crippen molar-refractivity contribution in [2.24, 2.45) is 0 Å². The summed E-state index contributed by atoms with van der Waals surface area (Å²) in [6.45, 7) is 0. The van der Waals surface area contributed by atoms with Crippen molar-refractivity contribution in [3.05, 3.63) is 200 Å². The lowest BCUT2D eigenvalue weighted by Gasteiger charge is -2.29. The van der Waals surface area contributed by atoms with Gasteiger partial charge in [-0.25, -0.2) is 0 Å². The summed E-state index contributed by atoms with van der Waals surface area (Å²) in [5, 5.41) is 4.06. The maximum absolute atomic E-state index is 9.42. The first-order valence-corrected chi connectivity index (χ1v) is 16.4. The molecule has 2 heteroatoms. The smallest absolute Gasteiger partial charge is 0.135 e. The molecular formula is C48H33NO. The number of ether oxygens (including phenoxy) is 1. The number of hydrogen-bond donors (Lipinski definition) is 0. The van der Waals surface area contributed by atoms with Crippen molar-refractivity contribution >= 4 is 49.4 Å². The van der Waals surface area contributed by atoms with Crippen LogP contribution in [0.1, 0.15) is 9.60 Å². The molecule has 0 aliphatic carbocycles. The van der Waals surface area contributed by atoms with Gasteiger partial charge in [0.25, 0.3) is 0 Å². The molecule has 0 radical (unpaired) electrons. The second kappa shape index (κ2) is 12.8. The van der Waals surface area contributed by atoms with Crippen LogP contribution in [0.3, 0.4) is 0 Å². The summed E-state index contributed by atoms with van der Waals surface area (Å²) in [6, 6.07) is 48.3. The first-order chi connectivity index (χ1) is 27.7. The van der Waals surface area contributed by atoms with Gasteiger partial charge in [0.05, 0.1) is 21.0 Å². The molecule has 0 fully saturated rings. The van der Waals surface area contributed by atoms with Crippen molar-refractivity contribution in [3.63, 3.8) is 0 Å². The molecule has 0 bridgehead atoms. The van der Waals surface area contributed by atoms with Crippen molar-refractivity contribution < 1.29 is 14.3 Å². The molecule has 9 aromatic rings. The SMILES string of the molecule is [2H]c1c([2H])c([2H])c2c(N(c3ccc(-c4cccc5ccccc45)cc3)c3ccccc3-c3ccccc3Oc3cccc4ccccc34)c([2H])c([2H])c([2H])c2c1[2H]. The fourth-order valence-corrected chi connectivity index (χ4v) is 6.70. The number of rotatable bonds is 7. The Morgan fingerprint density at radius 2 is 0.980 bits per heavy atom. The van der Waals surface area contributed by atoms with Gasteiger partial charge >= 0.3 is 0 Å². The highest BCUT2D eigenvalue weighted by Gasteiger charge is 2.21. The lowest BCUT2D eigenvalue weighted by Crippen LogP contribution is -2.12. The number of benzene rings is 9. The van der Waals surface area contributed by atoms with E-state index in [0.717, 1.165) is 38.2 Å². The summed E-state index contributed by atoms with van der Waals surface area (Å²) >= 11 is 0. The molecule has 0 N–H and O–H groups in total. The van der Waals surface area contributed by atoms with Gasteiger partial charge in [-0.05, 0) is 69.0 Å². The highest BCUT2D eigenvalue weighted by atomic mass is 16.5. The van der Waals surface area contributed by atoms with Gasteiger partial charge in [-0.1, -0.05) is 164 Å². The number of nitrogens with zero attached hydrogens (tertiary/aromatic N) is 1. The van der Waals surface area contributed by atoms with E-state index in [1.165, 1.54) is 0 Å². The summed E-state index contributed by atoms with van der Waals surface area (Å²) in [6.07, 6.45) is 0. The first kappa shape index (κ1) is 22.8. The third-order valence-corrected chi connectivity index (χ3v) is 9.03. The minimum absolute atomic E-state index is 0.0137. The van der Waals surface area contributed by atoms with Crippen LogP contribution in [-0.2, 0) is 0 Å². The second-order valence-electron chi connectivity index (χ2n) is 12.0. The van der Waals surface area contributed by atoms with Gasteiger partial charge in [-0.3, -0.25) is 0 Å². The lowest BCUT2D eigenvalue weighted by atomic mass is 9.97. The molecule has 0 unspecified atom stereocenters. The van der Waals surface area contributed by atoms with Crippen LogP contribution in [0.2, 0.25) is 0 Å². The summed E-state index contributed by atoms with van der Waals surface area (Å²) in [5.74, 6) is 1.26. The van der Waals surface area contributed by atoms with Gasteiger partial charge in [-0.15, -0.1) is 0 Å². The van der Waals surface area contributed by atoms with Crippen LogP contribution in [-0.4, -0.2) is 0 Å². The van der Waals surface area contributed by atoms with E-state index in [9.17, 15) is 1.37 Å². The zero-order valence-electron chi connectivity index (χ0n) is 33.9. The molecule has 0 heterocycles. The quantitative estimate of drug-likeness (QED) is 0.171. The maximum Gasteiger partial charge on any atom is 0.135 e. The molecule has 9 aromatic carbocycles. The number of fused-ring (bicyclic) bond motifs is 3. The lowest BCUT2D eigenvalue weighted by molar-refractivity contribution is 0.490. The van der Waals surface area contributed by atoms with E-state index < -0.39 is 36.3 Å². The van der Waals surface area contributed by atoms with Gasteiger partial charge < -0.3 is 9.64 Å². The summed E-state index contributed by atoms with van der Waals surface area (Å²) < 4.78 is 69.1. The average molecular weight is 647 g/mol. The van der Waals surface area contributed by atoms with E-state index in [0.29, 0.717) is 28.4 Å². The summed E-state index contributed by atoms with van der Waals surface area (Å²) in [5.41, 5.74) is 4.66. The maximum atomic E-state index is 9.42. The molecule has 0 aromatic heterocycles. The highest BCUT2D eigenvalue weighted by Crippen LogP contribution is 2.46. The third kappa shape index (κ3) is 5.34. The van der Waals surface area contributed by atoms with Crippen LogP contribution in [0.25, 0.3) is 54.6 Å². The van der Waals surface area contributed by atoms with Crippen LogP contribution in [0, 0.1) is 0 Å². The van der Waals surface area contributed by atoms with E-state index in [1.807, 2.05) is 133 Å². The Labute approximate surface area is 301 Å². The van der Waals surface area contributed by atoms with E-state index in [4.69, 9.17) is 13.0 Å². The van der Waals surface area contributed by atoms with Crippen LogP contribution in [0.15, 0.2) is 200 Å². The molecule has 0 amide bonds. The first-order valence-electron chi connectivity index (χ1n) is 19.9. The highest BCUT2D eigenvalue weighted by molar-refractivity contribution is 6.02. The number of hydrogen-bond acceptors (Lipinski definition) is 2. The van der Waals surface area contributed by atoms with Crippen LogP contribution >= 0.6 is 0 Å². The van der Waals surface area contributed by atoms with Gasteiger partial charge in [0.2, 0.25) is 0 Å². The minimum atomic E-state index is -0.505. The van der Waals surface area contributed by atoms with E-state index >= 15 is 0 Å². The van der Waals surface area contributed by atoms with E-state index in [-0.39, 0.29) is 22.5 Å². The molecule has 2 nitrogen and oxygen atoms in total. The van der Waals surface area contributed by atoms with E-state index in [2.05, 4.69) is 24.3 Å². The third-order valence-electron chi connectivity index (χ3n) is 9.03. The Hall–Kier alpha value is -6.64. The van der Waals surface area contributed by atoms with Gasteiger partial charge in [0.15, 0.2) is 0 Å². The summed E-state index contributed by atoms with van der Waals surface area (Å²) in [7, 11) is 0. The monoisotopic (exact) mass is 646 g/mol. The molecule has 236 valence electrons. The van der Waals surface area contributed by atoms with Crippen LogP contribution < -0.4 is 9.64 Å². The standard InChI is InChI=1S/C48H33NO/c1-4-20-39-34(14-1)17-11-25-40(39)37-30-32-38(33-31-37)49(45-27-12-18-35-15-2-5-21-41(35)45)46-26-9-7-23-43(46)44-24-8-10-28-48(44)50-47-29-13-19-36-16-3-6-22-42(36)47/h1-33H/i2D,5D,12D,15D,18D,21D,27D. The largest absolute Gasteiger partial charge is 0.456 e. The fraction of sp³-hybridized carbons (Fsp3) is 0. The normalized spacial score (nSPS) is 13.2. The molecule has 0 atom stereocenters. The molecular weight excluding hydrogens is 607 g/mol. The van der Waals surface area contributed by atoms with Gasteiger partial charge in [-0.2, -0.15) is 0 Å². The second-order valence-corrected chi connectivity index (χ2v) is 12.0. The van der Waals surface area contributed by atoms with Gasteiger partial charge in [0, 0.05) is 27.6 Å². The summed E-state index contributed by atoms with van der Waals surface area (Å²) in [4.78, 5) is 1.78.